The Labute approximate surface area is 169 Å². The standard InChI is InChI=1S/C21H28N4O4/c1-13-7-14(2)12-25(11-13)19(26)10-23-21(29)24-18(20(27)28)8-15-9-22-17-6-4-3-5-16(15)17/h3-6,9,13-14,18,22H,7-8,10-12H2,1-2H3,(H,27,28)(H2,23,24,29). The molecule has 0 aliphatic carbocycles. The van der Waals surface area contributed by atoms with Crippen molar-refractivity contribution in [2.75, 3.05) is 19.6 Å². The second-order valence-corrected chi connectivity index (χ2v) is 8.03. The van der Waals surface area contributed by atoms with Gasteiger partial charge in [0.1, 0.15) is 6.04 Å². The second-order valence-electron chi connectivity index (χ2n) is 8.03. The number of H-pyrrole nitrogens is 1. The summed E-state index contributed by atoms with van der Waals surface area (Å²) in [5.74, 6) is -0.411. The highest BCUT2D eigenvalue weighted by atomic mass is 16.4. The number of rotatable bonds is 6. The SMILES string of the molecule is CC1CC(C)CN(C(=O)CNC(=O)NC(Cc2c[nH]c3ccccc23)C(=O)O)C1. The molecule has 0 saturated carbocycles. The molecule has 0 bridgehead atoms. The van der Waals surface area contributed by atoms with Crippen molar-refractivity contribution in [3.8, 4) is 0 Å². The first-order chi connectivity index (χ1) is 13.8. The largest absolute Gasteiger partial charge is 0.480 e. The lowest BCUT2D eigenvalue weighted by molar-refractivity contribution is -0.139. The molecule has 1 aromatic heterocycles. The minimum atomic E-state index is -1.13. The molecule has 3 unspecified atom stereocenters. The number of carboxylic acid groups (broad SMARTS) is 1. The summed E-state index contributed by atoms with van der Waals surface area (Å²) in [4.78, 5) is 41.1. The van der Waals surface area contributed by atoms with E-state index >= 15 is 0 Å². The van der Waals surface area contributed by atoms with Gasteiger partial charge in [0.2, 0.25) is 5.91 Å². The number of carbonyl (C=O) groups is 3. The predicted molar refractivity (Wildman–Crippen MR) is 109 cm³/mol. The number of aliphatic carboxylic acids is 1. The molecule has 1 aliphatic rings. The molecule has 4 N–H and O–H groups in total. The van der Waals surface area contributed by atoms with Crippen LogP contribution in [0.3, 0.4) is 0 Å². The molecule has 2 heterocycles. The number of benzene rings is 1. The normalized spacial score (nSPS) is 20.3. The molecule has 156 valence electrons. The van der Waals surface area contributed by atoms with Gasteiger partial charge in [-0.15, -0.1) is 0 Å². The Morgan fingerprint density at radius 1 is 1.21 bits per heavy atom. The van der Waals surface area contributed by atoms with E-state index in [0.717, 1.165) is 22.9 Å². The number of urea groups is 1. The summed E-state index contributed by atoms with van der Waals surface area (Å²) >= 11 is 0. The minimum absolute atomic E-state index is 0.141. The summed E-state index contributed by atoms with van der Waals surface area (Å²) in [5, 5.41) is 15.4. The van der Waals surface area contributed by atoms with Crippen LogP contribution in [0.4, 0.5) is 4.79 Å². The van der Waals surface area contributed by atoms with Crippen molar-refractivity contribution >= 4 is 28.8 Å². The first kappa shape index (κ1) is 20.7. The third-order valence-electron chi connectivity index (χ3n) is 5.32. The Kier molecular flexibility index (Phi) is 6.41. The molecule has 0 spiro atoms. The summed E-state index contributed by atoms with van der Waals surface area (Å²) in [6.07, 6.45) is 2.98. The quantitative estimate of drug-likeness (QED) is 0.593. The number of hydrogen-bond acceptors (Lipinski definition) is 3. The van der Waals surface area contributed by atoms with Crippen LogP contribution in [0.2, 0.25) is 0 Å². The summed E-state index contributed by atoms with van der Waals surface area (Å²) in [6.45, 7) is 5.44. The number of fused-ring (bicyclic) bond motifs is 1. The molecule has 1 aliphatic heterocycles. The van der Waals surface area contributed by atoms with Gasteiger partial charge in [-0.05, 0) is 29.9 Å². The molecule has 1 saturated heterocycles. The van der Waals surface area contributed by atoms with Gasteiger partial charge < -0.3 is 25.6 Å². The molecular weight excluding hydrogens is 372 g/mol. The molecule has 29 heavy (non-hydrogen) atoms. The van der Waals surface area contributed by atoms with E-state index in [0.29, 0.717) is 24.9 Å². The zero-order valence-electron chi connectivity index (χ0n) is 16.8. The van der Waals surface area contributed by atoms with Gasteiger partial charge in [0.15, 0.2) is 0 Å². The van der Waals surface area contributed by atoms with E-state index in [9.17, 15) is 19.5 Å². The molecule has 8 heteroatoms. The van der Waals surface area contributed by atoms with Crippen molar-refractivity contribution in [3.63, 3.8) is 0 Å². The number of carboxylic acids is 1. The smallest absolute Gasteiger partial charge is 0.326 e. The topological polar surface area (TPSA) is 115 Å². The van der Waals surface area contributed by atoms with Crippen molar-refractivity contribution in [1.82, 2.24) is 20.5 Å². The van der Waals surface area contributed by atoms with Gasteiger partial charge in [-0.25, -0.2) is 9.59 Å². The number of hydrogen-bond donors (Lipinski definition) is 4. The van der Waals surface area contributed by atoms with E-state index in [4.69, 9.17) is 0 Å². The third-order valence-corrected chi connectivity index (χ3v) is 5.32. The summed E-state index contributed by atoms with van der Waals surface area (Å²) in [6, 6.07) is 5.82. The number of carbonyl (C=O) groups excluding carboxylic acids is 2. The fraction of sp³-hybridized carbons (Fsp3) is 0.476. The molecule has 8 nitrogen and oxygen atoms in total. The fourth-order valence-electron chi connectivity index (χ4n) is 4.06. The van der Waals surface area contributed by atoms with Crippen LogP contribution in [0.15, 0.2) is 30.5 Å². The van der Waals surface area contributed by atoms with Crippen LogP contribution >= 0.6 is 0 Å². The number of aromatic amines is 1. The van der Waals surface area contributed by atoms with Crippen molar-refractivity contribution < 1.29 is 19.5 Å². The maximum Gasteiger partial charge on any atom is 0.326 e. The van der Waals surface area contributed by atoms with Gasteiger partial charge in [-0.2, -0.15) is 0 Å². The summed E-state index contributed by atoms with van der Waals surface area (Å²) in [5.41, 5.74) is 1.72. The Balaban J connectivity index is 1.54. The van der Waals surface area contributed by atoms with Gasteiger partial charge in [0.25, 0.3) is 0 Å². The molecule has 3 rings (SSSR count). The number of nitrogens with one attached hydrogen (secondary N) is 3. The van der Waals surface area contributed by atoms with Crippen LogP contribution in [0.5, 0.6) is 0 Å². The monoisotopic (exact) mass is 400 g/mol. The van der Waals surface area contributed by atoms with Crippen LogP contribution in [0, 0.1) is 11.8 Å². The molecule has 3 atom stereocenters. The second kappa shape index (κ2) is 8.98. The lowest BCUT2D eigenvalue weighted by Crippen LogP contribution is -2.51. The first-order valence-electron chi connectivity index (χ1n) is 9.93. The van der Waals surface area contributed by atoms with Crippen LogP contribution in [-0.4, -0.2) is 58.6 Å². The highest BCUT2D eigenvalue weighted by Crippen LogP contribution is 2.21. The third kappa shape index (κ3) is 5.28. The van der Waals surface area contributed by atoms with E-state index in [2.05, 4.69) is 29.5 Å². The molecule has 2 aromatic rings. The first-order valence-corrected chi connectivity index (χ1v) is 9.93. The zero-order valence-corrected chi connectivity index (χ0v) is 16.8. The molecular formula is C21H28N4O4. The number of nitrogens with zero attached hydrogens (tertiary/aromatic N) is 1. The number of likely N-dealkylation sites (tertiary alicyclic amines) is 1. The molecule has 3 amide bonds. The lowest BCUT2D eigenvalue weighted by atomic mass is 9.92. The zero-order chi connectivity index (χ0) is 21.0. The van der Waals surface area contributed by atoms with E-state index < -0.39 is 18.0 Å². The van der Waals surface area contributed by atoms with Crippen molar-refractivity contribution in [2.24, 2.45) is 11.8 Å². The number of para-hydroxylation sites is 1. The van der Waals surface area contributed by atoms with E-state index in [1.807, 2.05) is 24.3 Å². The van der Waals surface area contributed by atoms with Gasteiger partial charge in [0.05, 0.1) is 6.54 Å². The maximum absolute atomic E-state index is 12.4. The molecule has 1 fully saturated rings. The predicted octanol–water partition coefficient (Wildman–Crippen LogP) is 1.97. The summed E-state index contributed by atoms with van der Waals surface area (Å²) in [7, 11) is 0. The number of piperidine rings is 1. The number of amides is 3. The fourth-order valence-corrected chi connectivity index (χ4v) is 4.06. The lowest BCUT2D eigenvalue weighted by Gasteiger charge is -2.35. The Bertz CT molecular complexity index is 884. The van der Waals surface area contributed by atoms with Crippen molar-refractivity contribution in [3.05, 3.63) is 36.0 Å². The van der Waals surface area contributed by atoms with E-state index in [1.165, 1.54) is 0 Å². The number of aromatic nitrogens is 1. The highest BCUT2D eigenvalue weighted by Gasteiger charge is 2.26. The highest BCUT2D eigenvalue weighted by molar-refractivity contribution is 5.88. The Morgan fingerprint density at radius 2 is 1.90 bits per heavy atom. The average molecular weight is 400 g/mol. The average Bonchev–Trinajstić information content (AvgIpc) is 3.07. The molecule has 0 radical (unpaired) electrons. The van der Waals surface area contributed by atoms with Crippen LogP contribution in [0.1, 0.15) is 25.8 Å². The van der Waals surface area contributed by atoms with Gasteiger partial charge in [-0.1, -0.05) is 32.0 Å². The maximum atomic E-state index is 12.4. The van der Waals surface area contributed by atoms with Crippen LogP contribution in [-0.2, 0) is 16.0 Å². The van der Waals surface area contributed by atoms with Crippen molar-refractivity contribution in [2.45, 2.75) is 32.7 Å². The van der Waals surface area contributed by atoms with Crippen molar-refractivity contribution in [1.29, 1.82) is 0 Å². The van der Waals surface area contributed by atoms with Crippen LogP contribution < -0.4 is 10.6 Å². The molecule has 1 aromatic carbocycles. The van der Waals surface area contributed by atoms with Gasteiger partial charge in [-0.3, -0.25) is 4.79 Å². The Hall–Kier alpha value is -3.03. The minimum Gasteiger partial charge on any atom is -0.480 e. The van der Waals surface area contributed by atoms with E-state index in [1.54, 1.807) is 11.1 Å². The van der Waals surface area contributed by atoms with Gasteiger partial charge in [0, 0.05) is 36.6 Å². The summed E-state index contributed by atoms with van der Waals surface area (Å²) < 4.78 is 0. The van der Waals surface area contributed by atoms with Crippen LogP contribution in [0.25, 0.3) is 10.9 Å². The van der Waals surface area contributed by atoms with E-state index in [-0.39, 0.29) is 18.9 Å². The Morgan fingerprint density at radius 3 is 2.59 bits per heavy atom. The van der Waals surface area contributed by atoms with Gasteiger partial charge >= 0.3 is 12.0 Å².